The van der Waals surface area contributed by atoms with E-state index in [9.17, 15) is 14.9 Å². The fourth-order valence-corrected chi connectivity index (χ4v) is 3.04. The van der Waals surface area contributed by atoms with Crippen LogP contribution in [0.2, 0.25) is 0 Å². The van der Waals surface area contributed by atoms with Gasteiger partial charge in [0.2, 0.25) is 5.91 Å². The Labute approximate surface area is 132 Å². The van der Waals surface area contributed by atoms with Gasteiger partial charge in [-0.15, -0.1) is 0 Å². The Bertz CT molecular complexity index is 748. The molecule has 23 heavy (non-hydrogen) atoms. The number of rotatable bonds is 4. The third-order valence-corrected chi connectivity index (χ3v) is 4.09. The minimum atomic E-state index is -0.676. The van der Waals surface area contributed by atoms with E-state index in [1.807, 2.05) is 17.0 Å². The number of hydrogen-bond acceptors (Lipinski definition) is 5. The van der Waals surface area contributed by atoms with Crippen molar-refractivity contribution in [2.24, 2.45) is 5.73 Å². The molecule has 1 aliphatic heterocycles. The van der Waals surface area contributed by atoms with Crippen molar-refractivity contribution in [2.75, 3.05) is 11.4 Å². The second kappa shape index (κ2) is 6.04. The fraction of sp³-hybridized carbons (Fsp3) is 0.250. The maximum atomic E-state index is 11.4. The molecule has 1 saturated heterocycles. The van der Waals surface area contributed by atoms with Crippen LogP contribution in [0.25, 0.3) is 0 Å². The Morgan fingerprint density at radius 2 is 2.22 bits per heavy atom. The molecule has 118 valence electrons. The molecular weight excluding hydrogens is 296 g/mol. The molecule has 0 saturated carbocycles. The van der Waals surface area contributed by atoms with Gasteiger partial charge in [0, 0.05) is 30.6 Å². The predicted octanol–water partition coefficient (Wildman–Crippen LogP) is 2.43. The van der Waals surface area contributed by atoms with Crippen LogP contribution >= 0.6 is 0 Å². The molecule has 0 spiro atoms. The molecule has 1 aliphatic rings. The van der Waals surface area contributed by atoms with Crippen molar-refractivity contribution in [1.29, 1.82) is 0 Å². The van der Waals surface area contributed by atoms with E-state index in [2.05, 4.69) is 4.98 Å². The van der Waals surface area contributed by atoms with Crippen molar-refractivity contribution in [3.8, 4) is 0 Å². The molecule has 1 fully saturated rings. The summed E-state index contributed by atoms with van der Waals surface area (Å²) in [6.07, 6.45) is 5.33. The highest BCUT2D eigenvalue weighted by Gasteiger charge is 2.31. The lowest BCUT2D eigenvalue weighted by Crippen LogP contribution is -2.24. The van der Waals surface area contributed by atoms with E-state index in [-0.39, 0.29) is 17.3 Å². The van der Waals surface area contributed by atoms with Crippen LogP contribution in [0.3, 0.4) is 0 Å². The van der Waals surface area contributed by atoms with Crippen LogP contribution in [0.1, 0.15) is 34.8 Å². The van der Waals surface area contributed by atoms with E-state index >= 15 is 0 Å². The molecule has 1 unspecified atom stereocenters. The van der Waals surface area contributed by atoms with Crippen LogP contribution < -0.4 is 10.6 Å². The maximum absolute atomic E-state index is 11.4. The first kappa shape index (κ1) is 15.0. The van der Waals surface area contributed by atoms with E-state index in [4.69, 9.17) is 5.73 Å². The largest absolute Gasteiger partial charge is 0.366 e. The van der Waals surface area contributed by atoms with Gasteiger partial charge in [-0.05, 0) is 36.6 Å². The van der Waals surface area contributed by atoms with E-state index in [0.29, 0.717) is 5.69 Å². The smallest absolute Gasteiger partial charge is 0.293 e. The summed E-state index contributed by atoms with van der Waals surface area (Å²) in [6.45, 7) is 0.719. The lowest BCUT2D eigenvalue weighted by atomic mass is 10.1. The molecule has 2 N–H and O–H groups in total. The van der Waals surface area contributed by atoms with E-state index in [1.54, 1.807) is 18.5 Å². The quantitative estimate of drug-likeness (QED) is 0.690. The standard InChI is InChI=1S/C16H16N4O3/c17-16(21)11-5-6-14(15(9-11)20(22)23)19-8-2-4-13(19)12-3-1-7-18-10-12/h1,3,5-7,9-10,13H,2,4,8H2,(H2,17,21). The van der Waals surface area contributed by atoms with Crippen molar-refractivity contribution in [2.45, 2.75) is 18.9 Å². The molecule has 7 nitrogen and oxygen atoms in total. The zero-order valence-corrected chi connectivity index (χ0v) is 12.4. The molecule has 0 aliphatic carbocycles. The average molecular weight is 312 g/mol. The summed E-state index contributed by atoms with van der Waals surface area (Å²) in [7, 11) is 0. The first-order chi connectivity index (χ1) is 11.1. The minimum absolute atomic E-state index is 0.0434. The number of pyridine rings is 1. The molecule has 2 aromatic rings. The molecule has 1 atom stereocenters. The number of anilines is 1. The Morgan fingerprint density at radius 3 is 2.87 bits per heavy atom. The number of nitro groups is 1. The van der Waals surface area contributed by atoms with E-state index in [0.717, 1.165) is 24.9 Å². The first-order valence-corrected chi connectivity index (χ1v) is 7.32. The van der Waals surface area contributed by atoms with Gasteiger partial charge in [-0.3, -0.25) is 19.9 Å². The number of aromatic nitrogens is 1. The van der Waals surface area contributed by atoms with Crippen LogP contribution in [0, 0.1) is 10.1 Å². The zero-order chi connectivity index (χ0) is 16.4. The normalized spacial score (nSPS) is 17.2. The summed E-state index contributed by atoms with van der Waals surface area (Å²) in [4.78, 5) is 28.3. The lowest BCUT2D eigenvalue weighted by molar-refractivity contribution is -0.384. The van der Waals surface area contributed by atoms with Gasteiger partial charge in [0.1, 0.15) is 5.69 Å². The zero-order valence-electron chi connectivity index (χ0n) is 12.4. The first-order valence-electron chi connectivity index (χ1n) is 7.32. The Morgan fingerprint density at radius 1 is 1.39 bits per heavy atom. The molecule has 7 heteroatoms. The van der Waals surface area contributed by atoms with Crippen molar-refractivity contribution >= 4 is 17.3 Å². The Kier molecular flexibility index (Phi) is 3.92. The molecule has 1 amide bonds. The van der Waals surface area contributed by atoms with Gasteiger partial charge in [-0.1, -0.05) is 6.07 Å². The molecule has 0 radical (unpaired) electrons. The highest BCUT2D eigenvalue weighted by Crippen LogP contribution is 2.40. The van der Waals surface area contributed by atoms with Gasteiger partial charge in [-0.2, -0.15) is 0 Å². The molecule has 2 heterocycles. The van der Waals surface area contributed by atoms with Crippen LogP contribution in [0.4, 0.5) is 11.4 Å². The number of nitrogens with zero attached hydrogens (tertiary/aromatic N) is 3. The molecule has 3 rings (SSSR count). The van der Waals surface area contributed by atoms with E-state index < -0.39 is 10.8 Å². The van der Waals surface area contributed by atoms with Crippen molar-refractivity contribution in [1.82, 2.24) is 4.98 Å². The average Bonchev–Trinajstić information content (AvgIpc) is 3.04. The van der Waals surface area contributed by atoms with Crippen LogP contribution in [0.5, 0.6) is 0 Å². The monoisotopic (exact) mass is 312 g/mol. The number of carbonyl (C=O) groups excluding carboxylic acids is 1. The number of nitrogens with two attached hydrogens (primary N) is 1. The third-order valence-electron chi connectivity index (χ3n) is 4.09. The summed E-state index contributed by atoms with van der Waals surface area (Å²) in [5.74, 6) is -0.676. The number of nitro benzene ring substituents is 1. The Balaban J connectivity index is 2.03. The van der Waals surface area contributed by atoms with Crippen molar-refractivity contribution in [3.05, 3.63) is 64.0 Å². The fourth-order valence-electron chi connectivity index (χ4n) is 3.04. The van der Waals surface area contributed by atoms with Crippen LogP contribution in [-0.4, -0.2) is 22.4 Å². The number of benzene rings is 1. The topological polar surface area (TPSA) is 102 Å². The molecule has 1 aromatic carbocycles. The summed E-state index contributed by atoms with van der Waals surface area (Å²) < 4.78 is 0. The molecular formula is C16H16N4O3. The highest BCUT2D eigenvalue weighted by atomic mass is 16.6. The second-order valence-electron chi connectivity index (χ2n) is 5.46. The lowest BCUT2D eigenvalue weighted by Gasteiger charge is -2.26. The number of amides is 1. The Hall–Kier alpha value is -2.96. The van der Waals surface area contributed by atoms with E-state index in [1.165, 1.54) is 12.1 Å². The SMILES string of the molecule is NC(=O)c1ccc(N2CCCC2c2cccnc2)c([N+](=O)[O-])c1. The van der Waals surface area contributed by atoms with Gasteiger partial charge in [0.05, 0.1) is 11.0 Å². The van der Waals surface area contributed by atoms with Gasteiger partial charge in [0.15, 0.2) is 0 Å². The number of hydrogen-bond donors (Lipinski definition) is 1. The van der Waals surface area contributed by atoms with Crippen LogP contribution in [0.15, 0.2) is 42.7 Å². The molecule has 1 aromatic heterocycles. The maximum Gasteiger partial charge on any atom is 0.293 e. The summed E-state index contributed by atoms with van der Waals surface area (Å²) >= 11 is 0. The van der Waals surface area contributed by atoms with Gasteiger partial charge >= 0.3 is 0 Å². The third kappa shape index (κ3) is 2.85. The second-order valence-corrected chi connectivity index (χ2v) is 5.46. The summed E-state index contributed by atoms with van der Waals surface area (Å²) in [5.41, 5.74) is 6.79. The van der Waals surface area contributed by atoms with Gasteiger partial charge < -0.3 is 10.6 Å². The van der Waals surface area contributed by atoms with Crippen molar-refractivity contribution < 1.29 is 9.72 Å². The van der Waals surface area contributed by atoms with Crippen LogP contribution in [-0.2, 0) is 0 Å². The summed E-state index contributed by atoms with van der Waals surface area (Å²) in [6, 6.07) is 8.25. The van der Waals surface area contributed by atoms with Gasteiger partial charge in [-0.25, -0.2) is 0 Å². The predicted molar refractivity (Wildman–Crippen MR) is 85.2 cm³/mol. The summed E-state index contributed by atoms with van der Waals surface area (Å²) in [5, 5.41) is 11.4. The van der Waals surface area contributed by atoms with Crippen molar-refractivity contribution in [3.63, 3.8) is 0 Å². The number of primary amides is 1. The molecule has 0 bridgehead atoms. The van der Waals surface area contributed by atoms with Gasteiger partial charge in [0.25, 0.3) is 5.69 Å². The number of carbonyl (C=O) groups is 1. The minimum Gasteiger partial charge on any atom is -0.366 e. The highest BCUT2D eigenvalue weighted by molar-refractivity contribution is 5.94.